The third-order valence-electron chi connectivity index (χ3n) is 4.55. The number of anilines is 1. The average Bonchev–Trinajstić information content (AvgIpc) is 3.14. The van der Waals surface area contributed by atoms with Crippen LogP contribution in [0.1, 0.15) is 35.2 Å². The van der Waals surface area contributed by atoms with Crippen molar-refractivity contribution in [2.24, 2.45) is 0 Å². The second-order valence-electron chi connectivity index (χ2n) is 6.38. The summed E-state index contributed by atoms with van der Waals surface area (Å²) in [7, 11) is 0. The molecule has 0 saturated carbocycles. The van der Waals surface area contributed by atoms with Gasteiger partial charge >= 0.3 is 0 Å². The fraction of sp³-hybridized carbons (Fsp3) is 0.316. The first kappa shape index (κ1) is 15.6. The quantitative estimate of drug-likeness (QED) is 0.796. The van der Waals surface area contributed by atoms with E-state index in [1.54, 1.807) is 10.7 Å². The zero-order valence-corrected chi connectivity index (χ0v) is 14.1. The Hall–Kier alpha value is -2.89. The van der Waals surface area contributed by atoms with E-state index >= 15 is 0 Å². The highest BCUT2D eigenvalue weighted by molar-refractivity contribution is 5.95. The Morgan fingerprint density at radius 2 is 2.04 bits per heavy atom. The van der Waals surface area contributed by atoms with Crippen LogP contribution < -0.4 is 5.32 Å². The summed E-state index contributed by atoms with van der Waals surface area (Å²) in [6, 6.07) is 9.59. The molecule has 0 atom stereocenters. The van der Waals surface area contributed by atoms with Gasteiger partial charge in [0, 0.05) is 54.9 Å². The predicted octanol–water partition coefficient (Wildman–Crippen LogP) is 2.97. The van der Waals surface area contributed by atoms with Gasteiger partial charge < -0.3 is 10.2 Å². The minimum atomic E-state index is 0.128. The number of hydrogen-bond acceptors (Lipinski definition) is 4. The standard InChI is InChI=1S/C19H21N5O/c25-19(23-9-2-1-3-10-23)16-5-4-6-17(11-16)20-12-15-13-21-18-7-8-22-24(18)14-15/h4-8,11,13-14,20H,1-3,9-10,12H2. The monoisotopic (exact) mass is 335 g/mol. The van der Waals surface area contributed by atoms with Gasteiger partial charge in [0.05, 0.1) is 6.20 Å². The van der Waals surface area contributed by atoms with Crippen LogP contribution in [0, 0.1) is 0 Å². The summed E-state index contributed by atoms with van der Waals surface area (Å²) in [6.07, 6.45) is 8.96. The summed E-state index contributed by atoms with van der Waals surface area (Å²) in [4.78, 5) is 18.9. The number of piperidine rings is 1. The highest BCUT2D eigenvalue weighted by atomic mass is 16.2. The first-order valence-electron chi connectivity index (χ1n) is 8.71. The summed E-state index contributed by atoms with van der Waals surface area (Å²) >= 11 is 0. The molecule has 4 rings (SSSR count). The van der Waals surface area contributed by atoms with Gasteiger partial charge in [-0.15, -0.1) is 0 Å². The number of nitrogens with zero attached hydrogens (tertiary/aromatic N) is 4. The summed E-state index contributed by atoms with van der Waals surface area (Å²) < 4.78 is 1.76. The Bertz CT molecular complexity index is 882. The fourth-order valence-corrected chi connectivity index (χ4v) is 3.19. The summed E-state index contributed by atoms with van der Waals surface area (Å²) in [5.74, 6) is 0.128. The number of hydrogen-bond donors (Lipinski definition) is 1. The van der Waals surface area contributed by atoms with E-state index in [1.165, 1.54) is 6.42 Å². The number of aromatic nitrogens is 3. The molecule has 1 amide bonds. The lowest BCUT2D eigenvalue weighted by Crippen LogP contribution is -2.35. The Kier molecular flexibility index (Phi) is 4.33. The Morgan fingerprint density at radius 1 is 1.16 bits per heavy atom. The van der Waals surface area contributed by atoms with Crippen LogP contribution in [0.4, 0.5) is 5.69 Å². The minimum Gasteiger partial charge on any atom is -0.381 e. The fourth-order valence-electron chi connectivity index (χ4n) is 3.19. The second kappa shape index (κ2) is 6.93. The lowest BCUT2D eigenvalue weighted by atomic mass is 10.1. The molecule has 25 heavy (non-hydrogen) atoms. The highest BCUT2D eigenvalue weighted by Gasteiger charge is 2.18. The summed E-state index contributed by atoms with van der Waals surface area (Å²) in [5, 5.41) is 7.56. The van der Waals surface area contributed by atoms with Crippen molar-refractivity contribution >= 4 is 17.2 Å². The molecule has 6 heteroatoms. The van der Waals surface area contributed by atoms with Gasteiger partial charge in [0.15, 0.2) is 5.65 Å². The zero-order valence-electron chi connectivity index (χ0n) is 14.1. The molecule has 2 aromatic heterocycles. The highest BCUT2D eigenvalue weighted by Crippen LogP contribution is 2.17. The summed E-state index contributed by atoms with van der Waals surface area (Å²) in [5.41, 5.74) is 3.54. The summed E-state index contributed by atoms with van der Waals surface area (Å²) in [6.45, 7) is 2.36. The lowest BCUT2D eigenvalue weighted by molar-refractivity contribution is 0.0724. The van der Waals surface area contributed by atoms with Crippen LogP contribution in [-0.4, -0.2) is 38.5 Å². The Morgan fingerprint density at radius 3 is 2.92 bits per heavy atom. The molecule has 1 N–H and O–H groups in total. The van der Waals surface area contributed by atoms with E-state index < -0.39 is 0 Å². The number of fused-ring (bicyclic) bond motifs is 1. The molecule has 0 bridgehead atoms. The van der Waals surface area contributed by atoms with Crippen molar-refractivity contribution in [1.29, 1.82) is 0 Å². The van der Waals surface area contributed by atoms with Crippen LogP contribution in [0.5, 0.6) is 0 Å². The topological polar surface area (TPSA) is 62.5 Å². The average molecular weight is 335 g/mol. The maximum Gasteiger partial charge on any atom is 0.253 e. The van der Waals surface area contributed by atoms with E-state index in [-0.39, 0.29) is 5.91 Å². The molecule has 1 fully saturated rings. The lowest BCUT2D eigenvalue weighted by Gasteiger charge is -2.26. The predicted molar refractivity (Wildman–Crippen MR) is 96.5 cm³/mol. The molecule has 0 radical (unpaired) electrons. The van der Waals surface area contributed by atoms with Gasteiger partial charge in [-0.25, -0.2) is 9.50 Å². The molecular weight excluding hydrogens is 314 g/mol. The SMILES string of the molecule is O=C(c1cccc(NCc2cnc3ccnn3c2)c1)N1CCCCC1. The van der Waals surface area contributed by atoms with Crippen LogP contribution >= 0.6 is 0 Å². The van der Waals surface area contributed by atoms with Crippen molar-refractivity contribution in [1.82, 2.24) is 19.5 Å². The van der Waals surface area contributed by atoms with Gasteiger partial charge in [-0.1, -0.05) is 6.07 Å². The van der Waals surface area contributed by atoms with Crippen molar-refractivity contribution in [2.75, 3.05) is 18.4 Å². The van der Waals surface area contributed by atoms with Gasteiger partial charge in [0.2, 0.25) is 0 Å². The van der Waals surface area contributed by atoms with E-state index in [9.17, 15) is 4.79 Å². The van der Waals surface area contributed by atoms with E-state index in [0.717, 1.165) is 48.4 Å². The van der Waals surface area contributed by atoms with Crippen molar-refractivity contribution in [3.05, 3.63) is 60.0 Å². The normalized spacial score (nSPS) is 14.6. The van der Waals surface area contributed by atoms with Gasteiger partial charge in [0.25, 0.3) is 5.91 Å². The van der Waals surface area contributed by atoms with Crippen LogP contribution in [0.2, 0.25) is 0 Å². The molecule has 0 aliphatic carbocycles. The van der Waals surface area contributed by atoms with E-state index in [4.69, 9.17) is 0 Å². The van der Waals surface area contributed by atoms with Crippen LogP contribution in [0.3, 0.4) is 0 Å². The molecule has 1 saturated heterocycles. The number of rotatable bonds is 4. The molecule has 3 aromatic rings. The molecule has 3 heterocycles. The van der Waals surface area contributed by atoms with Crippen LogP contribution in [-0.2, 0) is 6.54 Å². The van der Waals surface area contributed by atoms with E-state index in [0.29, 0.717) is 6.54 Å². The smallest absolute Gasteiger partial charge is 0.253 e. The van der Waals surface area contributed by atoms with Crippen LogP contribution in [0.15, 0.2) is 48.9 Å². The maximum atomic E-state index is 12.6. The largest absolute Gasteiger partial charge is 0.381 e. The third kappa shape index (κ3) is 3.47. The van der Waals surface area contributed by atoms with Gasteiger partial charge in [-0.3, -0.25) is 4.79 Å². The number of amides is 1. The number of carbonyl (C=O) groups excluding carboxylic acids is 1. The minimum absolute atomic E-state index is 0.128. The van der Waals surface area contributed by atoms with Gasteiger partial charge in [-0.2, -0.15) is 5.10 Å². The van der Waals surface area contributed by atoms with E-state index in [1.807, 2.05) is 47.6 Å². The number of benzene rings is 1. The van der Waals surface area contributed by atoms with Crippen LogP contribution in [0.25, 0.3) is 5.65 Å². The first-order valence-corrected chi connectivity index (χ1v) is 8.71. The number of carbonyl (C=O) groups is 1. The second-order valence-corrected chi connectivity index (χ2v) is 6.38. The Balaban J connectivity index is 1.44. The molecule has 0 spiro atoms. The molecule has 1 aromatic carbocycles. The molecular formula is C19H21N5O. The van der Waals surface area contributed by atoms with Crippen molar-refractivity contribution in [3.8, 4) is 0 Å². The van der Waals surface area contributed by atoms with Crippen molar-refractivity contribution < 1.29 is 4.79 Å². The van der Waals surface area contributed by atoms with Crippen molar-refractivity contribution in [3.63, 3.8) is 0 Å². The van der Waals surface area contributed by atoms with Gasteiger partial charge in [0.1, 0.15) is 0 Å². The maximum absolute atomic E-state index is 12.6. The Labute approximate surface area is 146 Å². The van der Waals surface area contributed by atoms with Crippen molar-refractivity contribution in [2.45, 2.75) is 25.8 Å². The molecule has 0 unspecified atom stereocenters. The molecule has 6 nitrogen and oxygen atoms in total. The van der Waals surface area contributed by atoms with E-state index in [2.05, 4.69) is 15.4 Å². The first-order chi connectivity index (χ1) is 12.3. The molecule has 1 aliphatic rings. The number of nitrogens with one attached hydrogen (secondary N) is 1. The molecule has 128 valence electrons. The number of likely N-dealkylation sites (tertiary alicyclic amines) is 1. The molecule has 1 aliphatic heterocycles. The van der Waals surface area contributed by atoms with Gasteiger partial charge in [-0.05, 0) is 37.5 Å². The third-order valence-corrected chi connectivity index (χ3v) is 4.55. The zero-order chi connectivity index (χ0) is 17.1.